The van der Waals surface area contributed by atoms with Gasteiger partial charge in [0.2, 0.25) is 0 Å². The lowest BCUT2D eigenvalue weighted by atomic mass is 10.0. The summed E-state index contributed by atoms with van der Waals surface area (Å²) in [7, 11) is 1.41. The Hall–Kier alpha value is -2.73. The fourth-order valence-corrected chi connectivity index (χ4v) is 1.44. The number of amides is 1. The van der Waals surface area contributed by atoms with E-state index in [-0.39, 0.29) is 19.6 Å². The van der Waals surface area contributed by atoms with Crippen LogP contribution in [-0.4, -0.2) is 18.9 Å². The molecule has 0 heterocycles. The van der Waals surface area contributed by atoms with Crippen LogP contribution in [0.3, 0.4) is 0 Å². The number of nitrogens with one attached hydrogen (secondary N) is 1. The van der Waals surface area contributed by atoms with Crippen molar-refractivity contribution in [2.45, 2.75) is 26.9 Å². The average molecular weight is 294 g/mol. The van der Waals surface area contributed by atoms with Crippen LogP contribution in [0, 0.1) is 0 Å². The van der Waals surface area contributed by atoms with E-state index in [1.54, 1.807) is 19.1 Å². The molecular weight excluding hydrogens is 276 g/mol. The van der Waals surface area contributed by atoms with Crippen molar-refractivity contribution in [1.29, 1.82) is 0 Å². The molecule has 1 rings (SSSR count). The number of Topliss-reactive ketones (excluding diaryl/α,β-unsaturated/α-hetero) is 1. The van der Waals surface area contributed by atoms with Gasteiger partial charge in [0.05, 0.1) is 0 Å². The van der Waals surface area contributed by atoms with Crippen molar-refractivity contribution in [1.82, 2.24) is 5.32 Å². The van der Waals surface area contributed by atoms with Crippen LogP contribution < -0.4 is 10.2 Å². The number of alkyl carbamates (subject to hydrolysis) is 1. The molecule has 0 fully saturated rings. The third-order valence-corrected chi connectivity index (χ3v) is 2.44. The van der Waals surface area contributed by atoms with Gasteiger partial charge < -0.3 is 14.9 Å². The van der Waals surface area contributed by atoms with E-state index in [1.807, 2.05) is 0 Å². The van der Waals surface area contributed by atoms with Gasteiger partial charge in [0.15, 0.2) is 11.9 Å². The Kier molecular flexibility index (Phi) is 8.02. The van der Waals surface area contributed by atoms with Gasteiger partial charge in [-0.1, -0.05) is 26.5 Å². The minimum absolute atomic E-state index is 0. The predicted molar refractivity (Wildman–Crippen MR) is 76.5 cm³/mol. The Labute approximate surface area is 122 Å². The fourth-order valence-electron chi connectivity index (χ4n) is 1.44. The minimum Gasteiger partial charge on any atom is -0.433 e. The molecule has 0 saturated heterocycles. The molecule has 1 aromatic carbocycles. The van der Waals surface area contributed by atoms with Crippen LogP contribution in [0.5, 0.6) is 5.75 Å². The molecule has 0 radical (unpaired) electrons. The third-order valence-electron chi connectivity index (χ3n) is 2.44. The van der Waals surface area contributed by atoms with Gasteiger partial charge in [0.25, 0.3) is 0 Å². The summed E-state index contributed by atoms with van der Waals surface area (Å²) in [5, 5.41) is 5.24. The van der Waals surface area contributed by atoms with Crippen LogP contribution in [0.2, 0.25) is 0 Å². The van der Waals surface area contributed by atoms with Crippen LogP contribution in [0.15, 0.2) is 29.5 Å². The molecule has 0 saturated carbocycles. The summed E-state index contributed by atoms with van der Waals surface area (Å²) in [4.78, 5) is 30.2. The normalized spacial score (nSPS) is 10.4. The van der Waals surface area contributed by atoms with Gasteiger partial charge in [-0.2, -0.15) is 0 Å². The number of rotatable bonds is 6. The molecule has 0 aliphatic heterocycles. The van der Waals surface area contributed by atoms with E-state index in [0.717, 1.165) is 0 Å². The molecule has 1 unspecified atom stereocenters. The lowest BCUT2D eigenvalue weighted by Crippen LogP contribution is -2.25. The molecule has 21 heavy (non-hydrogen) atoms. The van der Waals surface area contributed by atoms with Crippen LogP contribution >= 0.6 is 0 Å². The van der Waals surface area contributed by atoms with Gasteiger partial charge in [-0.25, -0.2) is 4.79 Å². The van der Waals surface area contributed by atoms with Crippen molar-refractivity contribution in [3.63, 3.8) is 0 Å². The second-order valence-corrected chi connectivity index (χ2v) is 3.69. The molecule has 0 bridgehead atoms. The average Bonchev–Trinajstić information content (AvgIpc) is 2.50. The second-order valence-electron chi connectivity index (χ2n) is 3.69. The summed E-state index contributed by atoms with van der Waals surface area (Å²) >= 11 is 0. The summed E-state index contributed by atoms with van der Waals surface area (Å²) in [6.07, 6.45) is -1.43. The molecule has 1 N–H and O–H groups in total. The fraction of sp³-hybridized carbons (Fsp3) is 0.385. The minimum atomic E-state index is -0.978. The zero-order valence-electron chi connectivity index (χ0n) is 11.1. The number of nitrogens with zero attached hydrogens (tertiary/aromatic N) is 3. The summed E-state index contributed by atoms with van der Waals surface area (Å²) in [5.74, 6) is 0.0894. The Morgan fingerprint density at radius 3 is 2.48 bits per heavy atom. The highest BCUT2D eigenvalue weighted by Crippen LogP contribution is 2.23. The first-order chi connectivity index (χ1) is 9.62. The lowest BCUT2D eigenvalue weighted by Gasteiger charge is -2.16. The van der Waals surface area contributed by atoms with Crippen molar-refractivity contribution in [2.24, 2.45) is 5.28 Å². The number of carbonyl (C=O) groups is 2. The first-order valence-corrected chi connectivity index (χ1v) is 5.84. The highest BCUT2D eigenvalue weighted by Gasteiger charge is 2.23. The zero-order chi connectivity index (χ0) is 15.0. The molecule has 0 aliphatic carbocycles. The van der Waals surface area contributed by atoms with E-state index >= 15 is 0 Å². The van der Waals surface area contributed by atoms with E-state index in [9.17, 15) is 9.59 Å². The topological polar surface area (TPSA) is 113 Å². The van der Waals surface area contributed by atoms with Crippen molar-refractivity contribution < 1.29 is 19.2 Å². The Balaban J connectivity index is 0.00000400. The number of azide groups is 1. The van der Waals surface area contributed by atoms with E-state index < -0.39 is 12.2 Å². The number of ketones is 1. The van der Waals surface area contributed by atoms with Crippen molar-refractivity contribution in [3.05, 3.63) is 40.3 Å². The number of carbonyl (C=O) groups excluding carboxylic acids is 2. The lowest BCUT2D eigenvalue weighted by molar-refractivity contribution is -0.127. The smallest absolute Gasteiger partial charge is 0.407 e. The summed E-state index contributed by atoms with van der Waals surface area (Å²) in [6, 6.07) is 6.13. The monoisotopic (exact) mass is 294 g/mol. The molecule has 8 nitrogen and oxygen atoms in total. The van der Waals surface area contributed by atoms with Crippen molar-refractivity contribution in [3.8, 4) is 5.75 Å². The van der Waals surface area contributed by atoms with Crippen LogP contribution in [0.4, 0.5) is 4.79 Å². The molecule has 1 atom stereocenters. The first kappa shape index (κ1) is 18.3. The Morgan fingerprint density at radius 2 is 2.00 bits per heavy atom. The Morgan fingerprint density at radius 1 is 1.38 bits per heavy atom. The molecule has 114 valence electrons. The summed E-state index contributed by atoms with van der Waals surface area (Å²) < 4.78 is 5.04. The summed E-state index contributed by atoms with van der Waals surface area (Å²) in [5.41, 5.74) is 8.63. The van der Waals surface area contributed by atoms with Crippen molar-refractivity contribution in [2.75, 3.05) is 7.05 Å². The largest absolute Gasteiger partial charge is 0.433 e. The maximum Gasteiger partial charge on any atom is 0.407 e. The summed E-state index contributed by atoms with van der Waals surface area (Å²) in [6.45, 7) is 1.68. The van der Waals surface area contributed by atoms with Gasteiger partial charge in [-0.15, -0.1) is 0 Å². The zero-order valence-corrected chi connectivity index (χ0v) is 11.1. The van der Waals surface area contributed by atoms with Crippen LogP contribution in [0.25, 0.3) is 10.4 Å². The van der Waals surface area contributed by atoms with Gasteiger partial charge >= 0.3 is 6.09 Å². The van der Waals surface area contributed by atoms with Gasteiger partial charge in [0, 0.05) is 23.9 Å². The van der Waals surface area contributed by atoms with E-state index in [4.69, 9.17) is 10.3 Å². The molecule has 1 aromatic rings. The predicted octanol–water partition coefficient (Wildman–Crippen LogP) is 3.30. The van der Waals surface area contributed by atoms with E-state index in [2.05, 4.69) is 20.3 Å². The van der Waals surface area contributed by atoms with Gasteiger partial charge in [-0.05, 0) is 17.7 Å². The highest BCUT2D eigenvalue weighted by atomic mass is 16.6. The quantitative estimate of drug-likeness (QED) is 0.375. The molecule has 0 spiro atoms. The first-order valence-electron chi connectivity index (χ1n) is 5.84. The molecule has 1 amide bonds. The third kappa shape index (κ3) is 5.42. The number of ether oxygens (including phenoxy) is 1. The van der Waals surface area contributed by atoms with Crippen LogP contribution in [0.1, 0.15) is 32.4 Å². The maximum absolute atomic E-state index is 11.8. The maximum atomic E-state index is 11.8. The van der Waals surface area contributed by atoms with Crippen molar-refractivity contribution >= 4 is 11.9 Å². The van der Waals surface area contributed by atoms with Gasteiger partial charge in [-0.3, -0.25) is 4.79 Å². The second kappa shape index (κ2) is 9.22. The molecule has 8 heteroatoms. The molecule has 0 aromatic heterocycles. The highest BCUT2D eigenvalue weighted by molar-refractivity contribution is 5.86. The van der Waals surface area contributed by atoms with Crippen LogP contribution in [-0.2, 0) is 9.53 Å². The Bertz CT molecular complexity index is 523. The number of hydrogen-bond donors (Lipinski definition) is 1. The number of benzene rings is 1. The number of hydrogen-bond acceptors (Lipinski definition) is 5. The standard InChI is InChI=1S/C12H14N4O4.CH4/c1-3-10(17)11(19-12(18)14-2)8-4-6-9(7-5-8)20-16-15-13;/h4-7,11H,3H2,1-2H3,(H,14,18);1H4. The van der Waals surface area contributed by atoms with E-state index in [1.165, 1.54) is 19.2 Å². The molecular formula is C13H18N4O4. The molecule has 0 aliphatic rings. The van der Waals surface area contributed by atoms with Gasteiger partial charge in [0.1, 0.15) is 11.0 Å². The SMILES string of the molecule is C.CCC(=O)C(OC(=O)NC)c1ccc(ON=[N+]=[N-])cc1. The van der Waals surface area contributed by atoms with E-state index in [0.29, 0.717) is 11.3 Å².